The summed E-state index contributed by atoms with van der Waals surface area (Å²) >= 11 is 6.37. The van der Waals surface area contributed by atoms with Crippen molar-refractivity contribution in [3.8, 4) is 0 Å². The Balaban J connectivity index is 2.86. The maximum Gasteiger partial charge on any atom is 0.350 e. The van der Waals surface area contributed by atoms with Crippen molar-refractivity contribution in [1.82, 2.24) is 4.98 Å². The Morgan fingerprint density at radius 2 is 2.27 bits per heavy atom. The Morgan fingerprint density at radius 3 is 2.80 bits per heavy atom. The van der Waals surface area contributed by atoms with Gasteiger partial charge in [-0.25, -0.2) is 9.78 Å². The van der Waals surface area contributed by atoms with Crippen LogP contribution >= 0.6 is 22.9 Å². The molecule has 1 rings (SSSR count). The molecule has 0 unspecified atom stereocenters. The highest BCUT2D eigenvalue weighted by Crippen LogP contribution is 2.23. The van der Waals surface area contributed by atoms with Crippen LogP contribution in [0.15, 0.2) is 0 Å². The van der Waals surface area contributed by atoms with Gasteiger partial charge in [-0.3, -0.25) is 4.79 Å². The number of hydrogen-bond donors (Lipinski definition) is 1. The minimum Gasteiger partial charge on any atom is -0.465 e. The number of amides is 1. The zero-order chi connectivity index (χ0) is 11.4. The number of alkyl halides is 1. The van der Waals surface area contributed by atoms with E-state index < -0.39 is 5.97 Å². The molecule has 1 amide bonds. The number of nitrogens with zero attached hydrogens (tertiary/aromatic N) is 1. The fraction of sp³-hybridized carbons (Fsp3) is 0.375. The van der Waals surface area contributed by atoms with E-state index in [-0.39, 0.29) is 11.8 Å². The van der Waals surface area contributed by atoms with Crippen LogP contribution in [0, 0.1) is 6.92 Å². The van der Waals surface area contributed by atoms with E-state index in [0.717, 1.165) is 11.3 Å². The number of thiazole rings is 1. The summed E-state index contributed by atoms with van der Waals surface area (Å²) in [5.74, 6) is -0.968. The van der Waals surface area contributed by atoms with Crippen LogP contribution in [0.25, 0.3) is 0 Å². The molecule has 0 aliphatic rings. The predicted octanol–water partition coefficient (Wildman–Crippen LogP) is 1.42. The summed E-state index contributed by atoms with van der Waals surface area (Å²) in [5.41, 5.74) is 0.525. The van der Waals surface area contributed by atoms with Crippen molar-refractivity contribution >= 4 is 39.9 Å². The van der Waals surface area contributed by atoms with Gasteiger partial charge in [-0.2, -0.15) is 0 Å². The Morgan fingerprint density at radius 1 is 1.60 bits per heavy atom. The zero-order valence-corrected chi connectivity index (χ0v) is 9.74. The first-order valence-electron chi connectivity index (χ1n) is 4.00. The highest BCUT2D eigenvalue weighted by Gasteiger charge is 2.16. The number of carbonyl (C=O) groups is 2. The smallest absolute Gasteiger partial charge is 0.350 e. The van der Waals surface area contributed by atoms with Crippen LogP contribution in [0.2, 0.25) is 0 Å². The molecule has 15 heavy (non-hydrogen) atoms. The van der Waals surface area contributed by atoms with E-state index in [4.69, 9.17) is 11.6 Å². The van der Waals surface area contributed by atoms with E-state index in [1.807, 2.05) is 0 Å². The molecule has 5 nitrogen and oxygen atoms in total. The number of ether oxygens (including phenoxy) is 1. The first kappa shape index (κ1) is 11.9. The number of aromatic nitrogens is 1. The predicted molar refractivity (Wildman–Crippen MR) is 57.5 cm³/mol. The molecule has 0 atom stereocenters. The van der Waals surface area contributed by atoms with Gasteiger partial charge < -0.3 is 10.1 Å². The fourth-order valence-corrected chi connectivity index (χ4v) is 1.85. The number of rotatable bonds is 3. The van der Waals surface area contributed by atoms with Crippen LogP contribution in [0.1, 0.15) is 15.4 Å². The van der Waals surface area contributed by atoms with Crippen molar-refractivity contribution < 1.29 is 14.3 Å². The molecule has 7 heteroatoms. The second-order valence-corrected chi connectivity index (χ2v) is 3.87. The van der Waals surface area contributed by atoms with Crippen LogP contribution in [-0.2, 0) is 9.53 Å². The lowest BCUT2D eigenvalue weighted by atomic mass is 10.4. The first-order chi connectivity index (χ1) is 7.08. The van der Waals surface area contributed by atoms with E-state index in [0.29, 0.717) is 15.7 Å². The molecular weight excluding hydrogens is 240 g/mol. The fourth-order valence-electron chi connectivity index (χ4n) is 0.885. The molecule has 1 aromatic heterocycles. The SMILES string of the molecule is COC(=O)c1sc(NC(=O)CCl)nc1C. The Hall–Kier alpha value is -1.14. The number of methoxy groups -OCH3 is 1. The highest BCUT2D eigenvalue weighted by molar-refractivity contribution is 7.17. The third-order valence-corrected chi connectivity index (χ3v) is 2.83. The van der Waals surface area contributed by atoms with Crippen LogP contribution < -0.4 is 5.32 Å². The maximum atomic E-state index is 11.2. The average Bonchev–Trinajstić information content (AvgIpc) is 2.58. The third-order valence-electron chi connectivity index (χ3n) is 1.54. The van der Waals surface area contributed by atoms with Crippen LogP contribution in [0.4, 0.5) is 5.13 Å². The van der Waals surface area contributed by atoms with E-state index in [9.17, 15) is 9.59 Å². The number of hydrogen-bond acceptors (Lipinski definition) is 5. The van der Waals surface area contributed by atoms with Gasteiger partial charge in [0.1, 0.15) is 10.8 Å². The molecule has 1 aromatic rings. The monoisotopic (exact) mass is 248 g/mol. The number of anilines is 1. The van der Waals surface area contributed by atoms with Gasteiger partial charge in [-0.05, 0) is 6.92 Å². The molecule has 0 spiro atoms. The second-order valence-electron chi connectivity index (χ2n) is 2.61. The summed E-state index contributed by atoms with van der Waals surface area (Å²) in [7, 11) is 1.29. The van der Waals surface area contributed by atoms with Gasteiger partial charge in [-0.1, -0.05) is 11.3 Å². The third kappa shape index (κ3) is 2.90. The lowest BCUT2D eigenvalue weighted by Gasteiger charge is -1.95. The minimum atomic E-state index is -0.462. The molecule has 1 N–H and O–H groups in total. The van der Waals surface area contributed by atoms with Crippen molar-refractivity contribution in [3.63, 3.8) is 0 Å². The van der Waals surface area contributed by atoms with Crippen molar-refractivity contribution in [2.75, 3.05) is 18.3 Å². The first-order valence-corrected chi connectivity index (χ1v) is 5.35. The minimum absolute atomic E-state index is 0.147. The van der Waals surface area contributed by atoms with Gasteiger partial charge in [0.05, 0.1) is 12.8 Å². The Kier molecular flexibility index (Phi) is 4.05. The molecule has 0 aliphatic carbocycles. The molecule has 0 fully saturated rings. The highest BCUT2D eigenvalue weighted by atomic mass is 35.5. The molecule has 0 bridgehead atoms. The number of nitrogens with one attached hydrogen (secondary N) is 1. The molecule has 82 valence electrons. The van der Waals surface area contributed by atoms with Gasteiger partial charge in [0.15, 0.2) is 5.13 Å². The van der Waals surface area contributed by atoms with E-state index in [1.165, 1.54) is 7.11 Å². The lowest BCUT2D eigenvalue weighted by molar-refractivity contribution is -0.113. The van der Waals surface area contributed by atoms with Gasteiger partial charge >= 0.3 is 5.97 Å². The van der Waals surface area contributed by atoms with Crippen molar-refractivity contribution in [2.45, 2.75) is 6.92 Å². The van der Waals surface area contributed by atoms with Gasteiger partial charge in [0.25, 0.3) is 0 Å². The summed E-state index contributed by atoms with van der Waals surface area (Å²) in [5, 5.41) is 2.81. The maximum absolute atomic E-state index is 11.2. The topological polar surface area (TPSA) is 68.3 Å². The summed E-state index contributed by atoms with van der Waals surface area (Å²) < 4.78 is 4.55. The van der Waals surface area contributed by atoms with Crippen LogP contribution in [0.3, 0.4) is 0 Å². The average molecular weight is 249 g/mol. The van der Waals surface area contributed by atoms with Crippen molar-refractivity contribution in [1.29, 1.82) is 0 Å². The van der Waals surface area contributed by atoms with Crippen LogP contribution in [0.5, 0.6) is 0 Å². The molecule has 0 saturated carbocycles. The Bertz CT molecular complexity index is 391. The van der Waals surface area contributed by atoms with Crippen molar-refractivity contribution in [3.05, 3.63) is 10.6 Å². The van der Waals surface area contributed by atoms with Crippen molar-refractivity contribution in [2.24, 2.45) is 0 Å². The van der Waals surface area contributed by atoms with E-state index in [1.54, 1.807) is 6.92 Å². The largest absolute Gasteiger partial charge is 0.465 e. The molecular formula is C8H9ClN2O3S. The van der Waals surface area contributed by atoms with Gasteiger partial charge in [0.2, 0.25) is 5.91 Å². The molecule has 1 heterocycles. The summed E-state index contributed by atoms with van der Waals surface area (Å²) in [4.78, 5) is 26.5. The Labute approximate surface area is 95.4 Å². The number of aryl methyl sites for hydroxylation is 1. The van der Waals surface area contributed by atoms with E-state index >= 15 is 0 Å². The summed E-state index contributed by atoms with van der Waals surface area (Å²) in [6.45, 7) is 1.67. The number of halogens is 1. The quantitative estimate of drug-likeness (QED) is 0.649. The van der Waals surface area contributed by atoms with Gasteiger partial charge in [0, 0.05) is 0 Å². The van der Waals surface area contributed by atoms with Gasteiger partial charge in [-0.15, -0.1) is 11.6 Å². The number of carbonyl (C=O) groups excluding carboxylic acids is 2. The molecule has 0 saturated heterocycles. The zero-order valence-electron chi connectivity index (χ0n) is 8.17. The molecule has 0 aromatic carbocycles. The molecule has 0 radical (unpaired) electrons. The normalized spacial score (nSPS) is 9.80. The number of esters is 1. The van der Waals surface area contributed by atoms with Crippen LogP contribution in [-0.4, -0.2) is 29.9 Å². The molecule has 0 aliphatic heterocycles. The lowest BCUT2D eigenvalue weighted by Crippen LogP contribution is -2.12. The summed E-state index contributed by atoms with van der Waals surface area (Å²) in [6, 6.07) is 0. The standard InChI is InChI=1S/C8H9ClN2O3S/c1-4-6(7(13)14-2)15-8(10-4)11-5(12)3-9/h3H2,1-2H3,(H,10,11,12). The van der Waals surface area contributed by atoms with E-state index in [2.05, 4.69) is 15.0 Å². The second kappa shape index (κ2) is 5.09. The summed E-state index contributed by atoms with van der Waals surface area (Å²) in [6.07, 6.45) is 0.